The fourth-order valence-corrected chi connectivity index (χ4v) is 1.93. The molecule has 1 aliphatic rings. The van der Waals surface area contributed by atoms with E-state index < -0.39 is 48.8 Å². The first kappa shape index (κ1) is 16.6. The molecule has 1 fully saturated rings. The summed E-state index contributed by atoms with van der Waals surface area (Å²) in [6.45, 7) is -0.734. The first-order valence-electron chi connectivity index (χ1n) is 5.90. The van der Waals surface area contributed by atoms with E-state index in [1.165, 1.54) is 0 Å². The van der Waals surface area contributed by atoms with Crippen LogP contribution in [0.5, 0.6) is 0 Å². The van der Waals surface area contributed by atoms with Crippen LogP contribution < -0.4 is 11.2 Å². The van der Waals surface area contributed by atoms with Crippen LogP contribution in [-0.4, -0.2) is 51.0 Å². The fraction of sp³-hybridized carbons (Fsp3) is 0.600. The van der Waals surface area contributed by atoms with E-state index in [1.807, 2.05) is 4.98 Å². The maximum Gasteiger partial charge on any atom is 0.549 e. The van der Waals surface area contributed by atoms with Crippen molar-refractivity contribution in [1.29, 1.82) is 0 Å². The summed E-state index contributed by atoms with van der Waals surface area (Å²) >= 11 is 0. The number of alkyl halides is 3. The number of ether oxygens (including phenoxy) is 1. The Kier molecular flexibility index (Phi) is 4.67. The van der Waals surface area contributed by atoms with E-state index in [-0.39, 0.29) is 0 Å². The van der Waals surface area contributed by atoms with Gasteiger partial charge >= 0.3 is 12.1 Å². The SMILES string of the molecule is O=c1ccn([C@H]2O[C@@H](CO)C(O)C2OOC(F)(F)F)c(=O)[nH]1. The van der Waals surface area contributed by atoms with E-state index in [4.69, 9.17) is 9.84 Å². The molecule has 12 heteroatoms. The van der Waals surface area contributed by atoms with Crippen LogP contribution in [0.3, 0.4) is 0 Å². The van der Waals surface area contributed by atoms with Crippen molar-refractivity contribution in [2.24, 2.45) is 0 Å². The zero-order valence-corrected chi connectivity index (χ0v) is 10.7. The molecular formula is C10H11F3N2O7. The number of aliphatic hydroxyl groups excluding tert-OH is 2. The molecule has 0 radical (unpaired) electrons. The number of rotatable bonds is 4. The summed E-state index contributed by atoms with van der Waals surface area (Å²) in [5, 5.41) is 18.8. The molecule has 0 aliphatic carbocycles. The van der Waals surface area contributed by atoms with Crippen molar-refractivity contribution in [3.63, 3.8) is 0 Å². The van der Waals surface area contributed by atoms with Crippen LogP contribution in [0.2, 0.25) is 0 Å². The Bertz CT molecular complexity index is 628. The summed E-state index contributed by atoms with van der Waals surface area (Å²) in [5.41, 5.74) is -1.73. The zero-order valence-electron chi connectivity index (χ0n) is 10.7. The highest BCUT2D eigenvalue weighted by Crippen LogP contribution is 2.32. The molecule has 3 N–H and O–H groups in total. The van der Waals surface area contributed by atoms with Crippen molar-refractivity contribution in [2.45, 2.75) is 30.9 Å². The molecule has 22 heavy (non-hydrogen) atoms. The molecule has 0 aromatic carbocycles. The van der Waals surface area contributed by atoms with E-state index in [2.05, 4.69) is 9.78 Å². The van der Waals surface area contributed by atoms with Crippen LogP contribution >= 0.6 is 0 Å². The molecule has 1 saturated heterocycles. The number of aromatic amines is 1. The minimum Gasteiger partial charge on any atom is -0.394 e. The second-order valence-electron chi connectivity index (χ2n) is 4.35. The predicted octanol–water partition coefficient (Wildman–Crippen LogP) is -1.38. The van der Waals surface area contributed by atoms with Crippen LogP contribution in [0.4, 0.5) is 13.2 Å². The molecule has 2 rings (SSSR count). The van der Waals surface area contributed by atoms with Crippen LogP contribution in [0.25, 0.3) is 0 Å². The smallest absolute Gasteiger partial charge is 0.394 e. The molecular weight excluding hydrogens is 317 g/mol. The summed E-state index contributed by atoms with van der Waals surface area (Å²) in [4.78, 5) is 31.8. The highest BCUT2D eigenvalue weighted by Gasteiger charge is 2.48. The Morgan fingerprint density at radius 3 is 2.64 bits per heavy atom. The predicted molar refractivity (Wildman–Crippen MR) is 60.3 cm³/mol. The largest absolute Gasteiger partial charge is 0.549 e. The van der Waals surface area contributed by atoms with E-state index in [1.54, 1.807) is 0 Å². The molecule has 2 heterocycles. The molecule has 0 bridgehead atoms. The van der Waals surface area contributed by atoms with Crippen molar-refractivity contribution in [1.82, 2.24) is 9.55 Å². The molecule has 0 spiro atoms. The molecule has 124 valence electrons. The van der Waals surface area contributed by atoms with Gasteiger partial charge in [-0.2, -0.15) is 0 Å². The molecule has 1 aromatic rings. The van der Waals surface area contributed by atoms with E-state index in [0.717, 1.165) is 12.3 Å². The topological polar surface area (TPSA) is 123 Å². The van der Waals surface area contributed by atoms with Gasteiger partial charge in [0.25, 0.3) is 5.56 Å². The maximum atomic E-state index is 12.0. The third-order valence-corrected chi connectivity index (χ3v) is 2.87. The first-order valence-corrected chi connectivity index (χ1v) is 5.90. The number of halogens is 3. The number of hydrogen-bond donors (Lipinski definition) is 3. The van der Waals surface area contributed by atoms with Crippen molar-refractivity contribution in [3.05, 3.63) is 33.1 Å². The van der Waals surface area contributed by atoms with Gasteiger partial charge in [-0.05, 0) is 0 Å². The second-order valence-corrected chi connectivity index (χ2v) is 4.35. The average molecular weight is 328 g/mol. The highest BCUT2D eigenvalue weighted by atomic mass is 19.4. The highest BCUT2D eigenvalue weighted by molar-refractivity contribution is 4.93. The molecule has 1 aromatic heterocycles. The first-order chi connectivity index (χ1) is 10.2. The van der Waals surface area contributed by atoms with Gasteiger partial charge in [-0.25, -0.2) is 9.68 Å². The lowest BCUT2D eigenvalue weighted by Gasteiger charge is -2.21. The standard InChI is InChI=1S/C10H11F3N2O7/c11-10(12,13)22-21-7-6(18)4(3-16)20-8(7)15-2-1-5(17)14-9(15)19/h1-2,4,6-8,16,18H,3H2,(H,14,17,19)/t4-,6?,7?,8-/m0/s1. The Hall–Kier alpha value is -1.73. The lowest BCUT2D eigenvalue weighted by molar-refractivity contribution is -0.503. The Labute approximate surface area is 119 Å². The number of nitrogens with zero attached hydrogens (tertiary/aromatic N) is 1. The van der Waals surface area contributed by atoms with E-state index in [0.29, 0.717) is 4.57 Å². The minimum absolute atomic E-state index is 0.699. The third-order valence-electron chi connectivity index (χ3n) is 2.87. The summed E-state index contributed by atoms with van der Waals surface area (Å²) < 4.78 is 41.9. The maximum absolute atomic E-state index is 12.0. The molecule has 4 atom stereocenters. The van der Waals surface area contributed by atoms with Crippen LogP contribution in [0.1, 0.15) is 6.23 Å². The van der Waals surface area contributed by atoms with Crippen LogP contribution in [0.15, 0.2) is 21.9 Å². The van der Waals surface area contributed by atoms with Gasteiger partial charge in [-0.3, -0.25) is 14.3 Å². The van der Waals surface area contributed by atoms with E-state index >= 15 is 0 Å². The second kappa shape index (κ2) is 6.18. The van der Waals surface area contributed by atoms with E-state index in [9.17, 15) is 27.9 Å². The number of hydrogen-bond acceptors (Lipinski definition) is 7. The fourth-order valence-electron chi connectivity index (χ4n) is 1.93. The zero-order chi connectivity index (χ0) is 16.5. The van der Waals surface area contributed by atoms with Gasteiger partial charge in [0, 0.05) is 12.3 Å². The summed E-state index contributed by atoms with van der Waals surface area (Å²) in [7, 11) is 0. The molecule has 9 nitrogen and oxygen atoms in total. The van der Waals surface area contributed by atoms with Gasteiger partial charge < -0.3 is 14.9 Å². The third kappa shape index (κ3) is 3.53. The molecule has 0 amide bonds. The van der Waals surface area contributed by atoms with Gasteiger partial charge in [0.2, 0.25) is 0 Å². The number of H-pyrrole nitrogens is 1. The summed E-state index contributed by atoms with van der Waals surface area (Å²) in [5.74, 6) is 0. The molecule has 2 unspecified atom stereocenters. The van der Waals surface area contributed by atoms with Crippen molar-refractivity contribution < 1.29 is 37.9 Å². The summed E-state index contributed by atoms with van der Waals surface area (Å²) in [6.07, 6.45) is -10.5. The monoisotopic (exact) mass is 328 g/mol. The van der Waals surface area contributed by atoms with Gasteiger partial charge in [-0.1, -0.05) is 0 Å². The van der Waals surface area contributed by atoms with Crippen molar-refractivity contribution in [3.8, 4) is 0 Å². The van der Waals surface area contributed by atoms with Crippen molar-refractivity contribution >= 4 is 0 Å². The van der Waals surface area contributed by atoms with Crippen molar-refractivity contribution in [2.75, 3.05) is 6.61 Å². The van der Waals surface area contributed by atoms with Crippen LogP contribution in [0, 0.1) is 0 Å². The number of aliphatic hydroxyl groups is 2. The number of aromatic nitrogens is 2. The molecule has 1 aliphatic heterocycles. The molecule has 0 saturated carbocycles. The quantitative estimate of drug-likeness (QED) is 0.460. The average Bonchev–Trinajstić information content (AvgIpc) is 2.72. The lowest BCUT2D eigenvalue weighted by Crippen LogP contribution is -2.40. The Morgan fingerprint density at radius 2 is 2.09 bits per heavy atom. The normalized spacial score (nSPS) is 29.0. The minimum atomic E-state index is -5.14. The van der Waals surface area contributed by atoms with Gasteiger partial charge in [0.1, 0.15) is 12.2 Å². The van der Waals surface area contributed by atoms with Gasteiger partial charge in [-0.15, -0.1) is 18.1 Å². The lowest BCUT2D eigenvalue weighted by atomic mass is 10.1. The Balaban J connectivity index is 2.29. The van der Waals surface area contributed by atoms with Gasteiger partial charge in [0.05, 0.1) is 6.61 Å². The number of nitrogens with one attached hydrogen (secondary N) is 1. The van der Waals surface area contributed by atoms with Crippen LogP contribution in [-0.2, 0) is 14.5 Å². The Morgan fingerprint density at radius 1 is 1.41 bits per heavy atom. The van der Waals surface area contributed by atoms with Gasteiger partial charge in [0.15, 0.2) is 12.3 Å². The summed E-state index contributed by atoms with van der Waals surface area (Å²) in [6, 6.07) is 0.922.